The van der Waals surface area contributed by atoms with Gasteiger partial charge in [0.2, 0.25) is 0 Å². The number of benzene rings is 1. The summed E-state index contributed by atoms with van der Waals surface area (Å²) >= 11 is 0. The summed E-state index contributed by atoms with van der Waals surface area (Å²) in [7, 11) is 0. The molecule has 2 unspecified atom stereocenters. The summed E-state index contributed by atoms with van der Waals surface area (Å²) in [6.07, 6.45) is 9.10. The van der Waals surface area contributed by atoms with Gasteiger partial charge in [-0.05, 0) is 31.4 Å². The number of carbonyl (C=O) groups excluding carboxylic acids is 1. The van der Waals surface area contributed by atoms with Crippen molar-refractivity contribution in [2.24, 2.45) is 0 Å². The maximum absolute atomic E-state index is 12.6. The van der Waals surface area contributed by atoms with Crippen molar-refractivity contribution in [2.45, 2.75) is 56.8 Å². The Morgan fingerprint density at radius 3 is 2.92 bits per heavy atom. The van der Waals surface area contributed by atoms with Gasteiger partial charge in [0.15, 0.2) is 0 Å². The van der Waals surface area contributed by atoms with Gasteiger partial charge >= 0.3 is 6.03 Å². The van der Waals surface area contributed by atoms with E-state index in [2.05, 4.69) is 30.5 Å². The lowest BCUT2D eigenvalue weighted by Crippen LogP contribution is -2.54. The van der Waals surface area contributed by atoms with Gasteiger partial charge in [-0.15, -0.1) is 0 Å². The molecule has 140 valence electrons. The van der Waals surface area contributed by atoms with Crippen molar-refractivity contribution >= 4 is 12.1 Å². The smallest absolute Gasteiger partial charge is 0.317 e. The second-order valence-electron chi connectivity index (χ2n) is 7.60. The number of nitrogens with one attached hydrogen (secondary N) is 1. The second kappa shape index (κ2) is 7.31. The normalized spacial score (nSPS) is 26.9. The number of urea groups is 1. The fourth-order valence-corrected chi connectivity index (χ4v) is 4.12. The lowest BCUT2D eigenvalue weighted by atomic mass is 9.88. The SMILES string of the molecule is CCC1CC(NC(=O)N2CCC3(C=Cc4ccccc4O3)CC2)CCO1. The highest BCUT2D eigenvalue weighted by molar-refractivity contribution is 5.74. The molecule has 5 nitrogen and oxygen atoms in total. The first-order valence-corrected chi connectivity index (χ1v) is 9.82. The highest BCUT2D eigenvalue weighted by Crippen LogP contribution is 2.36. The molecule has 4 rings (SSSR count). The number of ether oxygens (including phenoxy) is 2. The number of hydrogen-bond donors (Lipinski definition) is 1. The fourth-order valence-electron chi connectivity index (χ4n) is 4.12. The van der Waals surface area contributed by atoms with Gasteiger partial charge in [0.1, 0.15) is 11.4 Å². The van der Waals surface area contributed by atoms with Crippen molar-refractivity contribution in [2.75, 3.05) is 19.7 Å². The van der Waals surface area contributed by atoms with Gasteiger partial charge < -0.3 is 19.7 Å². The molecule has 26 heavy (non-hydrogen) atoms. The molecular formula is C21H28N2O3. The largest absolute Gasteiger partial charge is 0.482 e. The number of nitrogens with zero attached hydrogens (tertiary/aromatic N) is 1. The van der Waals surface area contributed by atoms with E-state index in [1.54, 1.807) is 0 Å². The minimum atomic E-state index is -0.267. The molecule has 2 saturated heterocycles. The summed E-state index contributed by atoms with van der Waals surface area (Å²) in [5.74, 6) is 0.945. The van der Waals surface area contributed by atoms with Crippen molar-refractivity contribution in [3.63, 3.8) is 0 Å². The fraction of sp³-hybridized carbons (Fsp3) is 0.571. The third kappa shape index (κ3) is 3.58. The van der Waals surface area contributed by atoms with Crippen LogP contribution in [0.5, 0.6) is 5.75 Å². The standard InChI is InChI=1S/C21H28N2O3/c1-2-18-15-17(8-14-25-18)22-20(24)23-12-10-21(11-13-23)9-7-16-5-3-4-6-19(16)26-21/h3-7,9,17-18H,2,8,10-15H2,1H3,(H,22,24). The molecule has 0 radical (unpaired) electrons. The molecule has 2 atom stereocenters. The molecule has 1 spiro atoms. The zero-order valence-corrected chi connectivity index (χ0v) is 15.4. The molecule has 3 heterocycles. The van der Waals surface area contributed by atoms with Gasteiger partial charge in [-0.1, -0.05) is 31.2 Å². The van der Waals surface area contributed by atoms with Crippen LogP contribution in [0.3, 0.4) is 0 Å². The third-order valence-electron chi connectivity index (χ3n) is 5.85. The minimum Gasteiger partial charge on any atom is -0.482 e. The number of para-hydroxylation sites is 1. The molecule has 3 aliphatic heterocycles. The number of fused-ring (bicyclic) bond motifs is 1. The molecule has 0 saturated carbocycles. The molecule has 5 heteroatoms. The number of carbonyl (C=O) groups is 1. The number of rotatable bonds is 2. The van der Waals surface area contributed by atoms with Gasteiger partial charge in [0.25, 0.3) is 0 Å². The van der Waals surface area contributed by atoms with E-state index in [4.69, 9.17) is 9.47 Å². The van der Waals surface area contributed by atoms with Crippen LogP contribution in [0.2, 0.25) is 0 Å². The average molecular weight is 356 g/mol. The maximum Gasteiger partial charge on any atom is 0.317 e. The molecule has 1 aromatic carbocycles. The lowest BCUT2D eigenvalue weighted by molar-refractivity contribution is 0.000175. The van der Waals surface area contributed by atoms with Crippen LogP contribution in [0.15, 0.2) is 30.3 Å². The molecule has 2 fully saturated rings. The van der Waals surface area contributed by atoms with Gasteiger partial charge in [-0.3, -0.25) is 0 Å². The maximum atomic E-state index is 12.6. The number of piperidine rings is 1. The average Bonchev–Trinajstić information content (AvgIpc) is 2.68. The van der Waals surface area contributed by atoms with Crippen molar-refractivity contribution in [1.29, 1.82) is 0 Å². The predicted molar refractivity (Wildman–Crippen MR) is 101 cm³/mol. The number of amides is 2. The van der Waals surface area contributed by atoms with Crippen molar-refractivity contribution in [1.82, 2.24) is 10.2 Å². The molecule has 3 aliphatic rings. The molecule has 0 aromatic heterocycles. The Kier molecular flexibility index (Phi) is 4.90. The first-order chi connectivity index (χ1) is 12.7. The molecule has 1 aromatic rings. The van der Waals surface area contributed by atoms with Crippen LogP contribution in [-0.4, -0.2) is 48.4 Å². The topological polar surface area (TPSA) is 50.8 Å². The Hall–Kier alpha value is -2.01. The third-order valence-corrected chi connectivity index (χ3v) is 5.85. The molecule has 0 aliphatic carbocycles. The molecule has 1 N–H and O–H groups in total. The summed E-state index contributed by atoms with van der Waals surface area (Å²) < 4.78 is 12.0. The van der Waals surface area contributed by atoms with E-state index in [0.29, 0.717) is 0 Å². The van der Waals surface area contributed by atoms with Crippen molar-refractivity contribution < 1.29 is 14.3 Å². The van der Waals surface area contributed by atoms with E-state index in [9.17, 15) is 4.79 Å². The van der Waals surface area contributed by atoms with Crippen LogP contribution < -0.4 is 10.1 Å². The van der Waals surface area contributed by atoms with E-state index in [1.807, 2.05) is 23.1 Å². The van der Waals surface area contributed by atoms with Crippen LogP contribution >= 0.6 is 0 Å². The summed E-state index contributed by atoms with van der Waals surface area (Å²) in [6, 6.07) is 8.41. The van der Waals surface area contributed by atoms with Crippen molar-refractivity contribution in [3.8, 4) is 5.75 Å². The van der Waals surface area contributed by atoms with Gasteiger partial charge in [-0.2, -0.15) is 0 Å². The second-order valence-corrected chi connectivity index (χ2v) is 7.60. The Morgan fingerprint density at radius 1 is 1.31 bits per heavy atom. The quantitative estimate of drug-likeness (QED) is 0.881. The van der Waals surface area contributed by atoms with Crippen LogP contribution in [0, 0.1) is 0 Å². The Labute approximate surface area is 155 Å². The van der Waals surface area contributed by atoms with Gasteiger partial charge in [0.05, 0.1) is 6.10 Å². The minimum absolute atomic E-state index is 0.0572. The zero-order valence-electron chi connectivity index (χ0n) is 15.4. The lowest BCUT2D eigenvalue weighted by Gasteiger charge is -2.42. The highest BCUT2D eigenvalue weighted by Gasteiger charge is 2.38. The van der Waals surface area contributed by atoms with E-state index in [-0.39, 0.29) is 23.8 Å². The predicted octanol–water partition coefficient (Wildman–Crippen LogP) is 3.59. The summed E-state index contributed by atoms with van der Waals surface area (Å²) in [5.41, 5.74) is 0.861. The van der Waals surface area contributed by atoms with E-state index < -0.39 is 0 Å². The van der Waals surface area contributed by atoms with Crippen LogP contribution in [0.4, 0.5) is 4.79 Å². The van der Waals surface area contributed by atoms with E-state index in [0.717, 1.165) is 63.1 Å². The number of likely N-dealkylation sites (tertiary alicyclic amines) is 1. The summed E-state index contributed by atoms with van der Waals surface area (Å²) in [6.45, 7) is 4.32. The summed E-state index contributed by atoms with van der Waals surface area (Å²) in [5, 5.41) is 3.21. The first-order valence-electron chi connectivity index (χ1n) is 9.82. The van der Waals surface area contributed by atoms with E-state index in [1.165, 1.54) is 0 Å². The van der Waals surface area contributed by atoms with Crippen LogP contribution in [0.25, 0.3) is 6.08 Å². The monoisotopic (exact) mass is 356 g/mol. The summed E-state index contributed by atoms with van der Waals surface area (Å²) in [4.78, 5) is 14.6. The highest BCUT2D eigenvalue weighted by atomic mass is 16.5. The van der Waals surface area contributed by atoms with Crippen LogP contribution in [0.1, 0.15) is 44.6 Å². The van der Waals surface area contributed by atoms with Crippen LogP contribution in [-0.2, 0) is 4.74 Å². The Bertz CT molecular complexity index is 680. The Balaban J connectivity index is 1.32. The molecular weight excluding hydrogens is 328 g/mol. The van der Waals surface area contributed by atoms with E-state index >= 15 is 0 Å². The Morgan fingerprint density at radius 2 is 2.12 bits per heavy atom. The van der Waals surface area contributed by atoms with Gasteiger partial charge in [-0.25, -0.2) is 4.79 Å². The van der Waals surface area contributed by atoms with Gasteiger partial charge in [0, 0.05) is 44.1 Å². The first kappa shape index (κ1) is 17.4. The number of hydrogen-bond acceptors (Lipinski definition) is 3. The van der Waals surface area contributed by atoms with Crippen molar-refractivity contribution in [3.05, 3.63) is 35.9 Å². The zero-order chi connectivity index (χ0) is 18.0. The molecule has 0 bridgehead atoms. The molecule has 2 amide bonds.